The number of carbonyl (C=O) groups excluding carboxylic acids is 3. The molecule has 1 unspecified atom stereocenters. The largest absolute Gasteiger partial charge is 0.353 e. The minimum absolute atomic E-state index is 0.112. The Morgan fingerprint density at radius 1 is 1.06 bits per heavy atom. The molecular weight excluding hydrogens is 446 g/mol. The average Bonchev–Trinajstić information content (AvgIpc) is 2.83. The molecule has 0 radical (unpaired) electrons. The number of rotatable bonds is 6. The van der Waals surface area contributed by atoms with Crippen molar-refractivity contribution in [2.75, 3.05) is 56.0 Å². The number of halogens is 1. The van der Waals surface area contributed by atoms with E-state index in [1.54, 1.807) is 42.7 Å². The van der Waals surface area contributed by atoms with Crippen LogP contribution in [0.4, 0.5) is 11.6 Å². The number of nitrogens with one attached hydrogen (secondary N) is 2. The summed E-state index contributed by atoms with van der Waals surface area (Å²) in [6, 6.07) is 7.65. The minimum Gasteiger partial charge on any atom is -0.353 e. The molecule has 0 saturated carbocycles. The fraction of sp³-hybridized carbons (Fsp3) is 0.409. The van der Waals surface area contributed by atoms with Gasteiger partial charge in [-0.3, -0.25) is 19.3 Å². The summed E-state index contributed by atoms with van der Waals surface area (Å²) in [4.78, 5) is 52.3. The van der Waals surface area contributed by atoms with Crippen LogP contribution in [-0.4, -0.2) is 89.3 Å². The van der Waals surface area contributed by atoms with E-state index in [0.29, 0.717) is 55.9 Å². The molecule has 11 heteroatoms. The predicted octanol–water partition coefficient (Wildman–Crippen LogP) is 0.608. The molecule has 1 aromatic heterocycles. The molecule has 2 saturated heterocycles. The Balaban J connectivity index is 1.32. The summed E-state index contributed by atoms with van der Waals surface area (Å²) in [5.74, 6) is -0.123. The number of benzene rings is 1. The number of hydrogen-bond donors (Lipinski definition) is 2. The summed E-state index contributed by atoms with van der Waals surface area (Å²) in [6.45, 7) is 3.75. The van der Waals surface area contributed by atoms with Gasteiger partial charge in [0.15, 0.2) is 0 Å². The average molecular weight is 472 g/mol. The molecule has 3 amide bonds. The van der Waals surface area contributed by atoms with Crippen molar-refractivity contribution < 1.29 is 14.4 Å². The topological polar surface area (TPSA) is 111 Å². The summed E-state index contributed by atoms with van der Waals surface area (Å²) < 4.78 is 0. The van der Waals surface area contributed by atoms with E-state index in [9.17, 15) is 14.4 Å². The third kappa shape index (κ3) is 5.96. The number of anilines is 2. The van der Waals surface area contributed by atoms with Crippen LogP contribution in [0.2, 0.25) is 5.02 Å². The molecule has 2 N–H and O–H groups in total. The molecule has 33 heavy (non-hydrogen) atoms. The van der Waals surface area contributed by atoms with Crippen molar-refractivity contribution in [2.24, 2.45) is 0 Å². The lowest BCUT2D eigenvalue weighted by molar-refractivity contribution is -0.145. The van der Waals surface area contributed by atoms with Crippen molar-refractivity contribution in [1.29, 1.82) is 0 Å². The number of aromatic nitrogens is 2. The molecule has 0 aliphatic carbocycles. The van der Waals surface area contributed by atoms with Gasteiger partial charge in [-0.15, -0.1) is 0 Å². The standard InChI is InChI=1S/C22H26ClN7O3/c23-16-2-4-17(5-3-16)27-19(31)14-18-21(33)24-8-9-30(18)20(32)15-28-10-12-29(13-11-28)22-25-6-1-7-26-22/h1-7,18H,8-15H2,(H,24,33)(H,27,31). The Hall–Kier alpha value is -3.24. The Labute approximate surface area is 196 Å². The second-order valence-electron chi connectivity index (χ2n) is 7.97. The number of piperazine rings is 2. The lowest BCUT2D eigenvalue weighted by Gasteiger charge is -2.38. The van der Waals surface area contributed by atoms with Crippen LogP contribution in [0.3, 0.4) is 0 Å². The third-order valence-corrected chi connectivity index (χ3v) is 5.98. The molecular formula is C22H26ClN7O3. The van der Waals surface area contributed by atoms with Gasteiger partial charge in [0.2, 0.25) is 23.7 Å². The molecule has 1 aromatic carbocycles. The number of carbonyl (C=O) groups is 3. The zero-order valence-electron chi connectivity index (χ0n) is 18.1. The number of nitrogens with zero attached hydrogens (tertiary/aromatic N) is 5. The third-order valence-electron chi connectivity index (χ3n) is 5.72. The van der Waals surface area contributed by atoms with Gasteiger partial charge in [0.1, 0.15) is 6.04 Å². The Morgan fingerprint density at radius 2 is 1.76 bits per heavy atom. The molecule has 2 aromatic rings. The van der Waals surface area contributed by atoms with Crippen molar-refractivity contribution in [3.63, 3.8) is 0 Å². The van der Waals surface area contributed by atoms with Crippen LogP contribution in [0, 0.1) is 0 Å². The lowest BCUT2D eigenvalue weighted by Crippen LogP contribution is -2.60. The minimum atomic E-state index is -0.836. The first kappa shape index (κ1) is 22.9. The SMILES string of the molecule is O=C(CC1C(=O)NCCN1C(=O)CN1CCN(c2ncccn2)CC1)Nc1ccc(Cl)cc1. The van der Waals surface area contributed by atoms with Gasteiger partial charge in [-0.05, 0) is 30.3 Å². The van der Waals surface area contributed by atoms with E-state index in [2.05, 4.69) is 30.4 Å². The summed E-state index contributed by atoms with van der Waals surface area (Å²) in [7, 11) is 0. The molecule has 0 bridgehead atoms. The van der Waals surface area contributed by atoms with E-state index in [0.717, 1.165) is 0 Å². The van der Waals surface area contributed by atoms with Gasteiger partial charge in [-0.25, -0.2) is 9.97 Å². The van der Waals surface area contributed by atoms with Crippen LogP contribution in [0.5, 0.6) is 0 Å². The maximum Gasteiger partial charge on any atom is 0.243 e. The van der Waals surface area contributed by atoms with Crippen LogP contribution in [0.1, 0.15) is 6.42 Å². The summed E-state index contributed by atoms with van der Waals surface area (Å²) in [5.41, 5.74) is 0.582. The maximum absolute atomic E-state index is 13.1. The molecule has 10 nitrogen and oxygen atoms in total. The smallest absolute Gasteiger partial charge is 0.243 e. The van der Waals surface area contributed by atoms with Crippen LogP contribution < -0.4 is 15.5 Å². The molecule has 0 spiro atoms. The zero-order valence-corrected chi connectivity index (χ0v) is 18.9. The van der Waals surface area contributed by atoms with E-state index < -0.39 is 6.04 Å². The van der Waals surface area contributed by atoms with Gasteiger partial charge >= 0.3 is 0 Å². The van der Waals surface area contributed by atoms with Crippen molar-refractivity contribution in [3.8, 4) is 0 Å². The van der Waals surface area contributed by atoms with Crippen molar-refractivity contribution in [2.45, 2.75) is 12.5 Å². The van der Waals surface area contributed by atoms with Crippen molar-refractivity contribution >= 4 is 41.0 Å². The molecule has 2 aliphatic heterocycles. The maximum atomic E-state index is 13.1. The lowest BCUT2D eigenvalue weighted by atomic mass is 10.1. The first-order valence-corrected chi connectivity index (χ1v) is 11.2. The summed E-state index contributed by atoms with van der Waals surface area (Å²) in [6.07, 6.45) is 3.31. The van der Waals surface area contributed by atoms with E-state index in [1.165, 1.54) is 4.90 Å². The molecule has 2 aliphatic rings. The second-order valence-corrected chi connectivity index (χ2v) is 8.40. The highest BCUT2D eigenvalue weighted by Gasteiger charge is 2.35. The quantitative estimate of drug-likeness (QED) is 0.635. The first-order valence-electron chi connectivity index (χ1n) is 10.9. The monoisotopic (exact) mass is 471 g/mol. The highest BCUT2D eigenvalue weighted by Crippen LogP contribution is 2.16. The van der Waals surface area contributed by atoms with Crippen LogP contribution in [0.15, 0.2) is 42.7 Å². The van der Waals surface area contributed by atoms with Crippen molar-refractivity contribution in [3.05, 3.63) is 47.7 Å². The molecule has 174 valence electrons. The Bertz CT molecular complexity index is 981. The van der Waals surface area contributed by atoms with Gasteiger partial charge in [0.05, 0.1) is 13.0 Å². The molecule has 1 atom stereocenters. The van der Waals surface area contributed by atoms with Gasteiger partial charge in [0.25, 0.3) is 0 Å². The Morgan fingerprint density at radius 3 is 2.45 bits per heavy atom. The highest BCUT2D eigenvalue weighted by atomic mass is 35.5. The van der Waals surface area contributed by atoms with Crippen LogP contribution >= 0.6 is 11.6 Å². The fourth-order valence-corrected chi connectivity index (χ4v) is 4.11. The van der Waals surface area contributed by atoms with Gasteiger partial charge in [0, 0.05) is 62.4 Å². The molecule has 4 rings (SSSR count). The second kappa shape index (κ2) is 10.6. The number of amides is 3. The van der Waals surface area contributed by atoms with Gasteiger partial charge in [-0.2, -0.15) is 0 Å². The van der Waals surface area contributed by atoms with Crippen molar-refractivity contribution in [1.82, 2.24) is 25.1 Å². The summed E-state index contributed by atoms with van der Waals surface area (Å²) >= 11 is 5.87. The summed E-state index contributed by atoms with van der Waals surface area (Å²) in [5, 5.41) is 6.08. The number of hydrogen-bond acceptors (Lipinski definition) is 7. The predicted molar refractivity (Wildman–Crippen MR) is 124 cm³/mol. The van der Waals surface area contributed by atoms with Gasteiger partial charge < -0.3 is 20.4 Å². The Kier molecular flexibility index (Phi) is 7.36. The fourth-order valence-electron chi connectivity index (χ4n) is 3.98. The van der Waals surface area contributed by atoms with E-state index in [-0.39, 0.29) is 30.7 Å². The first-order chi connectivity index (χ1) is 16.0. The van der Waals surface area contributed by atoms with E-state index in [4.69, 9.17) is 11.6 Å². The van der Waals surface area contributed by atoms with E-state index >= 15 is 0 Å². The molecule has 3 heterocycles. The normalized spacial score (nSPS) is 19.2. The zero-order chi connectivity index (χ0) is 23.2. The van der Waals surface area contributed by atoms with Crippen LogP contribution in [-0.2, 0) is 14.4 Å². The van der Waals surface area contributed by atoms with Crippen LogP contribution in [0.25, 0.3) is 0 Å². The van der Waals surface area contributed by atoms with E-state index in [1.807, 2.05) is 0 Å². The highest BCUT2D eigenvalue weighted by molar-refractivity contribution is 6.30. The van der Waals surface area contributed by atoms with Gasteiger partial charge in [-0.1, -0.05) is 11.6 Å². The molecule has 2 fully saturated rings.